The van der Waals surface area contributed by atoms with Crippen LogP contribution in [0.5, 0.6) is 0 Å². The Kier molecular flexibility index (Phi) is 3.13. The van der Waals surface area contributed by atoms with Crippen molar-refractivity contribution >= 4 is 42.2 Å². The maximum absolute atomic E-state index is 6.25. The molecule has 4 heteroatoms. The zero-order chi connectivity index (χ0) is 11.7. The van der Waals surface area contributed by atoms with Crippen molar-refractivity contribution < 1.29 is 0 Å². The fraction of sp³-hybridized carbons (Fsp3) is 0. The fourth-order valence-corrected chi connectivity index (χ4v) is 2.07. The van der Waals surface area contributed by atoms with E-state index in [0.29, 0.717) is 10.7 Å². The van der Waals surface area contributed by atoms with E-state index >= 15 is 0 Å². The molecule has 1 nitrogen and oxygen atoms in total. The standard InChI is InChI=1S/C12H10BCl2N/c13-9-5-1-3-7(11(9)14)8-4-2-6-10(16)12(8)15/h1-6H,13,16H2. The number of benzene rings is 2. The van der Waals surface area contributed by atoms with Gasteiger partial charge in [0.1, 0.15) is 7.85 Å². The van der Waals surface area contributed by atoms with E-state index in [0.717, 1.165) is 21.6 Å². The van der Waals surface area contributed by atoms with Gasteiger partial charge in [-0.2, -0.15) is 0 Å². The molecule has 0 saturated heterocycles. The van der Waals surface area contributed by atoms with Crippen molar-refractivity contribution in [1.82, 2.24) is 0 Å². The van der Waals surface area contributed by atoms with Gasteiger partial charge in [-0.25, -0.2) is 0 Å². The van der Waals surface area contributed by atoms with Crippen LogP contribution in [-0.2, 0) is 0 Å². The molecular formula is C12H10BCl2N. The highest BCUT2D eigenvalue weighted by Crippen LogP contribution is 2.35. The summed E-state index contributed by atoms with van der Waals surface area (Å²) in [4.78, 5) is 0. The summed E-state index contributed by atoms with van der Waals surface area (Å²) in [5.41, 5.74) is 9.15. The van der Waals surface area contributed by atoms with Crippen LogP contribution in [0.4, 0.5) is 5.69 Å². The number of rotatable bonds is 1. The SMILES string of the molecule is Bc1cccc(-c2cccc(N)c2Cl)c1Cl. The fourth-order valence-electron chi connectivity index (χ4n) is 1.61. The molecule has 0 aliphatic carbocycles. The average molecular weight is 250 g/mol. The van der Waals surface area contributed by atoms with Crippen LogP contribution in [0.2, 0.25) is 10.0 Å². The lowest BCUT2D eigenvalue weighted by Gasteiger charge is -2.10. The van der Waals surface area contributed by atoms with Crippen LogP contribution in [0.1, 0.15) is 0 Å². The van der Waals surface area contributed by atoms with Gasteiger partial charge in [-0.1, -0.05) is 59.0 Å². The molecule has 0 aliphatic rings. The smallest absolute Gasteiger partial charge is 0.141 e. The number of nitrogens with two attached hydrogens (primary N) is 1. The van der Waals surface area contributed by atoms with Gasteiger partial charge in [0, 0.05) is 16.1 Å². The Labute approximate surface area is 106 Å². The highest BCUT2D eigenvalue weighted by atomic mass is 35.5. The van der Waals surface area contributed by atoms with Gasteiger partial charge < -0.3 is 5.73 Å². The van der Waals surface area contributed by atoms with E-state index in [9.17, 15) is 0 Å². The van der Waals surface area contributed by atoms with Crippen LogP contribution in [0.25, 0.3) is 11.1 Å². The molecule has 0 bridgehead atoms. The summed E-state index contributed by atoms with van der Waals surface area (Å²) in [5.74, 6) is 0. The highest BCUT2D eigenvalue weighted by Gasteiger charge is 2.10. The molecule has 0 radical (unpaired) electrons. The van der Waals surface area contributed by atoms with E-state index in [1.165, 1.54) is 0 Å². The zero-order valence-corrected chi connectivity index (χ0v) is 10.3. The number of hydrogen-bond donors (Lipinski definition) is 1. The van der Waals surface area contributed by atoms with Crippen molar-refractivity contribution in [2.45, 2.75) is 0 Å². The van der Waals surface area contributed by atoms with E-state index in [2.05, 4.69) is 0 Å². The summed E-state index contributed by atoms with van der Waals surface area (Å²) in [6.45, 7) is 0. The monoisotopic (exact) mass is 249 g/mol. The van der Waals surface area contributed by atoms with Crippen LogP contribution in [0.3, 0.4) is 0 Å². The average Bonchev–Trinajstić information content (AvgIpc) is 2.27. The second-order valence-corrected chi connectivity index (χ2v) is 4.40. The Morgan fingerprint density at radius 1 is 0.875 bits per heavy atom. The minimum Gasteiger partial charge on any atom is -0.398 e. The molecule has 0 unspecified atom stereocenters. The lowest BCUT2D eigenvalue weighted by atomic mass is 9.92. The largest absolute Gasteiger partial charge is 0.398 e. The number of anilines is 1. The molecule has 2 rings (SSSR count). The van der Waals surface area contributed by atoms with Crippen LogP contribution >= 0.6 is 23.2 Å². The first-order chi connectivity index (χ1) is 7.61. The minimum atomic E-state index is 0.551. The lowest BCUT2D eigenvalue weighted by Crippen LogP contribution is -2.04. The number of nitrogen functional groups attached to an aromatic ring is 1. The van der Waals surface area contributed by atoms with Gasteiger partial charge in [0.15, 0.2) is 0 Å². The molecule has 0 atom stereocenters. The molecule has 0 aliphatic heterocycles. The third-order valence-corrected chi connectivity index (χ3v) is 3.43. The summed E-state index contributed by atoms with van der Waals surface area (Å²) < 4.78 is 0. The Morgan fingerprint density at radius 3 is 2.12 bits per heavy atom. The van der Waals surface area contributed by atoms with Gasteiger partial charge in [-0.15, -0.1) is 0 Å². The quantitative estimate of drug-likeness (QED) is 0.610. The van der Waals surface area contributed by atoms with E-state index in [-0.39, 0.29) is 0 Å². The van der Waals surface area contributed by atoms with Crippen molar-refractivity contribution in [3.05, 3.63) is 46.4 Å². The first-order valence-electron chi connectivity index (χ1n) is 4.90. The zero-order valence-electron chi connectivity index (χ0n) is 8.80. The van der Waals surface area contributed by atoms with Gasteiger partial charge >= 0.3 is 0 Å². The summed E-state index contributed by atoms with van der Waals surface area (Å²) in [6, 6.07) is 11.4. The predicted molar refractivity (Wildman–Crippen MR) is 74.5 cm³/mol. The molecule has 0 fully saturated rings. The Balaban J connectivity index is 2.68. The Morgan fingerprint density at radius 2 is 1.44 bits per heavy atom. The summed E-state index contributed by atoms with van der Waals surface area (Å²) in [5, 5.41) is 1.27. The first-order valence-corrected chi connectivity index (χ1v) is 5.66. The third kappa shape index (κ3) is 1.91. The van der Waals surface area contributed by atoms with Crippen LogP contribution in [0, 0.1) is 0 Å². The maximum Gasteiger partial charge on any atom is 0.141 e. The van der Waals surface area contributed by atoms with Gasteiger partial charge in [0.25, 0.3) is 0 Å². The highest BCUT2D eigenvalue weighted by molar-refractivity contribution is 6.47. The van der Waals surface area contributed by atoms with Crippen molar-refractivity contribution in [2.24, 2.45) is 0 Å². The van der Waals surface area contributed by atoms with Gasteiger partial charge in [0.05, 0.1) is 10.7 Å². The minimum absolute atomic E-state index is 0.551. The van der Waals surface area contributed by atoms with Gasteiger partial charge in [-0.05, 0) is 6.07 Å². The molecule has 2 N–H and O–H groups in total. The molecule has 0 heterocycles. The molecule has 0 saturated carbocycles. The lowest BCUT2D eigenvalue weighted by molar-refractivity contribution is 1.62. The normalized spacial score (nSPS) is 10.4. The third-order valence-electron chi connectivity index (χ3n) is 2.51. The van der Waals surface area contributed by atoms with Crippen molar-refractivity contribution in [3.8, 4) is 11.1 Å². The second kappa shape index (κ2) is 4.40. The van der Waals surface area contributed by atoms with Crippen LogP contribution in [-0.4, -0.2) is 7.85 Å². The first kappa shape index (κ1) is 11.4. The Hall–Kier alpha value is -1.12. The molecule has 2 aromatic rings. The molecule has 0 aromatic heterocycles. The number of halogens is 2. The summed E-state index contributed by atoms with van der Waals surface area (Å²) in [7, 11) is 1.96. The molecular weight excluding hydrogens is 240 g/mol. The molecule has 0 amide bonds. The van der Waals surface area contributed by atoms with Crippen molar-refractivity contribution in [1.29, 1.82) is 0 Å². The van der Waals surface area contributed by atoms with Gasteiger partial charge in [-0.3, -0.25) is 0 Å². The van der Waals surface area contributed by atoms with E-state index in [1.807, 2.05) is 38.2 Å². The van der Waals surface area contributed by atoms with E-state index in [1.54, 1.807) is 6.07 Å². The Bertz CT molecular complexity index is 491. The number of hydrogen-bond acceptors (Lipinski definition) is 1. The van der Waals surface area contributed by atoms with Gasteiger partial charge in [0.2, 0.25) is 0 Å². The summed E-state index contributed by atoms with van der Waals surface area (Å²) in [6.07, 6.45) is 0. The molecule has 0 spiro atoms. The topological polar surface area (TPSA) is 26.0 Å². The van der Waals surface area contributed by atoms with Crippen molar-refractivity contribution in [2.75, 3.05) is 5.73 Å². The van der Waals surface area contributed by atoms with Crippen molar-refractivity contribution in [3.63, 3.8) is 0 Å². The van der Waals surface area contributed by atoms with Crippen LogP contribution < -0.4 is 11.2 Å². The van der Waals surface area contributed by atoms with Crippen LogP contribution in [0.15, 0.2) is 36.4 Å². The predicted octanol–water partition coefficient (Wildman–Crippen LogP) is 2.50. The second-order valence-electron chi connectivity index (χ2n) is 3.65. The molecule has 80 valence electrons. The molecule has 16 heavy (non-hydrogen) atoms. The maximum atomic E-state index is 6.25. The molecule has 2 aromatic carbocycles. The summed E-state index contributed by atoms with van der Waals surface area (Å²) >= 11 is 12.4. The van der Waals surface area contributed by atoms with E-state index in [4.69, 9.17) is 28.9 Å². The van der Waals surface area contributed by atoms with E-state index < -0.39 is 0 Å².